The van der Waals surface area contributed by atoms with Crippen molar-refractivity contribution in [2.45, 2.75) is 19.3 Å². The van der Waals surface area contributed by atoms with E-state index in [1.54, 1.807) is 0 Å². The molecule has 6 heteroatoms. The number of hydrogen-bond acceptors (Lipinski definition) is 2. The first-order valence-electron chi connectivity index (χ1n) is 23.2. The summed E-state index contributed by atoms with van der Waals surface area (Å²) < 4.78 is 4.57. The Hall–Kier alpha value is -8.11. The van der Waals surface area contributed by atoms with Gasteiger partial charge in [0.05, 0.1) is 11.0 Å². The van der Waals surface area contributed by atoms with Gasteiger partial charge in [0.1, 0.15) is 11.6 Å². The molecule has 0 spiro atoms. The summed E-state index contributed by atoms with van der Waals surface area (Å²) in [6.45, 7) is 4.56. The molecule has 5 nitrogen and oxygen atoms in total. The van der Waals surface area contributed by atoms with E-state index in [2.05, 4.69) is 247 Å². The van der Waals surface area contributed by atoms with E-state index in [4.69, 9.17) is 15.0 Å². The molecule has 69 heavy (non-hydrogen) atoms. The molecule has 0 bridgehead atoms. The van der Waals surface area contributed by atoms with Gasteiger partial charge in [0.2, 0.25) is 0 Å². The summed E-state index contributed by atoms with van der Waals surface area (Å²) in [6, 6.07) is 81.5. The first kappa shape index (κ1) is 42.3. The van der Waals surface area contributed by atoms with Crippen LogP contribution in [0.3, 0.4) is 0 Å². The van der Waals surface area contributed by atoms with Gasteiger partial charge in [-0.15, -0.1) is 34.8 Å². The molecule has 0 aliphatic heterocycles. The number of fused-ring (bicyclic) bond motifs is 7. The summed E-state index contributed by atoms with van der Waals surface area (Å²) in [4.78, 5) is 16.2. The van der Waals surface area contributed by atoms with Crippen LogP contribution >= 0.6 is 0 Å². The molecule has 13 rings (SSSR count). The zero-order chi connectivity index (χ0) is 45.3. The maximum Gasteiger partial charge on any atom is 2.00 e. The van der Waals surface area contributed by atoms with Crippen molar-refractivity contribution in [1.82, 2.24) is 24.1 Å². The molecule has 0 N–H and O–H groups in total. The van der Waals surface area contributed by atoms with Crippen LogP contribution < -0.4 is 4.98 Å². The van der Waals surface area contributed by atoms with Gasteiger partial charge in [0, 0.05) is 28.4 Å². The van der Waals surface area contributed by atoms with Crippen LogP contribution in [0.4, 0.5) is 0 Å². The van der Waals surface area contributed by atoms with Gasteiger partial charge in [-0.25, -0.2) is 9.97 Å². The summed E-state index contributed by atoms with van der Waals surface area (Å²) >= 11 is 0. The van der Waals surface area contributed by atoms with Gasteiger partial charge in [0.15, 0.2) is 0 Å². The van der Waals surface area contributed by atoms with E-state index in [0.717, 1.165) is 105 Å². The molecule has 0 unspecified atom stereocenters. The Labute approximate surface area is 414 Å². The minimum absolute atomic E-state index is 0. The average molecular weight is 1070 g/mol. The van der Waals surface area contributed by atoms with Crippen LogP contribution in [0.15, 0.2) is 225 Å². The Balaban J connectivity index is 0.00000492. The monoisotopic (exact) mass is 1060 g/mol. The number of aromatic nitrogens is 5. The quantitative estimate of drug-likeness (QED) is 0.143. The van der Waals surface area contributed by atoms with E-state index >= 15 is 0 Å². The van der Waals surface area contributed by atoms with Crippen molar-refractivity contribution in [1.29, 1.82) is 0 Å². The van der Waals surface area contributed by atoms with Gasteiger partial charge in [-0.1, -0.05) is 176 Å². The van der Waals surface area contributed by atoms with Crippen LogP contribution in [0.1, 0.15) is 25.0 Å². The van der Waals surface area contributed by atoms with E-state index in [1.165, 1.54) is 16.7 Å². The first-order valence-corrected chi connectivity index (χ1v) is 23.2. The molecule has 0 aliphatic carbocycles. The minimum atomic E-state index is -0.237. The van der Waals surface area contributed by atoms with E-state index in [-0.39, 0.29) is 26.5 Å². The summed E-state index contributed by atoms with van der Waals surface area (Å²) in [5.74, 6) is 1.68. The second-order valence-electron chi connectivity index (χ2n) is 18.2. The van der Waals surface area contributed by atoms with Crippen LogP contribution in [-0.4, -0.2) is 19.1 Å². The van der Waals surface area contributed by atoms with Crippen molar-refractivity contribution >= 4 is 54.6 Å². The Bertz CT molecular complexity index is 4040. The maximum atomic E-state index is 5.71. The molecule has 9 aromatic carbocycles. The minimum Gasteiger partial charge on any atom is -0.656 e. The van der Waals surface area contributed by atoms with Crippen LogP contribution in [-0.2, 0) is 26.5 Å². The van der Waals surface area contributed by atoms with Crippen molar-refractivity contribution in [2.75, 3.05) is 0 Å². The van der Waals surface area contributed by atoms with E-state index in [9.17, 15) is 0 Å². The zero-order valence-corrected chi connectivity index (χ0v) is 40.2. The molecule has 0 radical (unpaired) electrons. The predicted octanol–water partition coefficient (Wildman–Crippen LogP) is 15.6. The van der Waals surface area contributed by atoms with Crippen LogP contribution in [0.25, 0.3) is 111 Å². The van der Waals surface area contributed by atoms with Crippen LogP contribution in [0, 0.1) is 6.07 Å². The molecule has 4 heterocycles. The normalized spacial score (nSPS) is 11.8. The van der Waals surface area contributed by atoms with Crippen molar-refractivity contribution < 1.29 is 21.1 Å². The topological polar surface area (TPSA) is 49.7 Å². The summed E-state index contributed by atoms with van der Waals surface area (Å²) in [7, 11) is 0. The molecule has 0 aliphatic rings. The number of rotatable bonds is 8. The van der Waals surface area contributed by atoms with Crippen LogP contribution in [0.5, 0.6) is 0 Å². The zero-order valence-electron chi connectivity index (χ0n) is 37.9. The van der Waals surface area contributed by atoms with Crippen LogP contribution in [0.2, 0.25) is 0 Å². The van der Waals surface area contributed by atoms with Gasteiger partial charge in [-0.2, -0.15) is 0 Å². The second kappa shape index (κ2) is 16.9. The van der Waals surface area contributed by atoms with Crippen molar-refractivity contribution in [3.05, 3.63) is 242 Å². The Morgan fingerprint density at radius 1 is 0.478 bits per heavy atom. The van der Waals surface area contributed by atoms with Crippen molar-refractivity contribution in [2.24, 2.45) is 0 Å². The van der Waals surface area contributed by atoms with Gasteiger partial charge in [-0.05, 0) is 110 Å². The van der Waals surface area contributed by atoms with E-state index in [1.807, 2.05) is 6.20 Å². The van der Waals surface area contributed by atoms with Gasteiger partial charge < -0.3 is 9.55 Å². The fourth-order valence-corrected chi connectivity index (χ4v) is 10.3. The first-order chi connectivity index (χ1) is 33.5. The maximum absolute atomic E-state index is 5.71. The molecular weight excluding hydrogens is 1020 g/mol. The Morgan fingerprint density at radius 3 is 1.91 bits per heavy atom. The summed E-state index contributed by atoms with van der Waals surface area (Å²) in [5, 5.41) is 4.48. The third kappa shape index (κ3) is 7.04. The fourth-order valence-electron chi connectivity index (χ4n) is 10.3. The number of hydrogen-bond donors (Lipinski definition) is 0. The number of benzene rings is 9. The molecular formula is C63H43N5Pt. The number of imidazole rings is 1. The predicted molar refractivity (Wildman–Crippen MR) is 281 cm³/mol. The van der Waals surface area contributed by atoms with Crippen molar-refractivity contribution in [3.63, 3.8) is 0 Å². The molecule has 13 aromatic rings. The van der Waals surface area contributed by atoms with Crippen molar-refractivity contribution in [3.8, 4) is 56.3 Å². The van der Waals surface area contributed by atoms with Gasteiger partial charge in [0.25, 0.3) is 0 Å². The van der Waals surface area contributed by atoms with E-state index in [0.29, 0.717) is 0 Å². The molecule has 0 saturated heterocycles. The SMILES string of the molecule is CC(C)(c1ccccc1)c1ccnc(-n2c3[c-]c(-c4cccc5c4nc(-c4cc(-c6ccccc6)cc6c4[n-]c4ccc(-c7ccccc7)cc46)n5-c4ccccc4)ccc3c3ccccc32)c1.[Pt+2]. The standard InChI is InChI=1S/C63H43N5.Pt/c1-63(2,46-22-11-5-12-23-46)47-34-35-64-59(40-47)68-56-28-16-15-26-50(56)51-32-30-44(39-58(51)68)49-27-17-29-57-61(49)66-62(67(57)48-24-13-6-14-25-48)54-38-45(42-20-9-4-10-21-42)37-53-52-36-43(41-18-7-3-8-19-41)31-33-55(52)65-60(53)54;/h3-38,40H,1-2H3;/q-2;+2. The molecule has 330 valence electrons. The van der Waals surface area contributed by atoms with E-state index < -0.39 is 0 Å². The number of pyridine rings is 1. The third-order valence-corrected chi connectivity index (χ3v) is 13.8. The molecule has 0 atom stereocenters. The Kier molecular flexibility index (Phi) is 10.3. The number of nitrogens with zero attached hydrogens (tertiary/aromatic N) is 5. The largest absolute Gasteiger partial charge is 2.00 e. The second-order valence-corrected chi connectivity index (χ2v) is 18.2. The number of para-hydroxylation sites is 3. The third-order valence-electron chi connectivity index (χ3n) is 13.8. The molecule has 4 aromatic heterocycles. The van der Waals surface area contributed by atoms with Gasteiger partial charge in [-0.3, -0.25) is 4.57 Å². The fraction of sp³-hybridized carbons (Fsp3) is 0.0476. The Morgan fingerprint density at radius 2 is 1.14 bits per heavy atom. The molecule has 0 amide bonds. The molecule has 0 fully saturated rings. The smallest absolute Gasteiger partial charge is 0.656 e. The van der Waals surface area contributed by atoms with Gasteiger partial charge >= 0.3 is 21.1 Å². The molecule has 0 saturated carbocycles. The summed E-state index contributed by atoms with van der Waals surface area (Å²) in [6.07, 6.45) is 1.94. The summed E-state index contributed by atoms with van der Waals surface area (Å²) in [5.41, 5.74) is 16.5. The average Bonchev–Trinajstić information content (AvgIpc) is 4.09.